The van der Waals surface area contributed by atoms with Gasteiger partial charge in [-0.3, -0.25) is 0 Å². The number of halogens is 2. The molecule has 0 saturated heterocycles. The molecule has 0 spiro atoms. The highest BCUT2D eigenvalue weighted by Crippen LogP contribution is 2.26. The lowest BCUT2D eigenvalue weighted by Crippen LogP contribution is -2.22. The van der Waals surface area contributed by atoms with E-state index < -0.39 is 5.82 Å². The zero-order valence-electron chi connectivity index (χ0n) is 10.8. The minimum Gasteiger partial charge on any atom is -0.488 e. The average molecular weight is 274 g/mol. The second-order valence-electron chi connectivity index (χ2n) is 4.21. The Labute approximate surface area is 113 Å². The van der Waals surface area contributed by atoms with Crippen molar-refractivity contribution in [2.45, 2.75) is 32.6 Å². The maximum Gasteiger partial charge on any atom is 0.173 e. The third kappa shape index (κ3) is 5.69. The quantitative estimate of drug-likeness (QED) is 0.686. The van der Waals surface area contributed by atoms with Crippen LogP contribution in [0.25, 0.3) is 0 Å². The molecule has 1 N–H and O–H groups in total. The summed E-state index contributed by atoms with van der Waals surface area (Å²) in [7, 11) is 0. The van der Waals surface area contributed by atoms with Crippen LogP contribution in [-0.4, -0.2) is 19.7 Å². The predicted octanol–water partition coefficient (Wildman–Crippen LogP) is 4.03. The van der Waals surface area contributed by atoms with E-state index in [4.69, 9.17) is 16.3 Å². The van der Waals surface area contributed by atoms with Crippen LogP contribution in [0, 0.1) is 5.82 Å². The van der Waals surface area contributed by atoms with Crippen molar-refractivity contribution in [2.24, 2.45) is 0 Å². The van der Waals surface area contributed by atoms with Gasteiger partial charge in [-0.25, -0.2) is 4.39 Å². The third-order valence-corrected chi connectivity index (χ3v) is 2.95. The molecule has 0 unspecified atom stereocenters. The Morgan fingerprint density at radius 3 is 2.78 bits per heavy atom. The molecule has 0 aliphatic carbocycles. The second-order valence-corrected chi connectivity index (χ2v) is 4.62. The average Bonchev–Trinajstić information content (AvgIpc) is 2.35. The topological polar surface area (TPSA) is 21.3 Å². The molecule has 0 fully saturated rings. The molecular formula is C14H21ClFNO. The van der Waals surface area contributed by atoms with Crippen molar-refractivity contribution < 1.29 is 9.13 Å². The first-order valence-electron chi connectivity index (χ1n) is 6.53. The summed E-state index contributed by atoms with van der Waals surface area (Å²) >= 11 is 5.84. The van der Waals surface area contributed by atoms with Gasteiger partial charge in [-0.1, -0.05) is 43.9 Å². The van der Waals surface area contributed by atoms with Crippen molar-refractivity contribution in [1.29, 1.82) is 0 Å². The Kier molecular flexibility index (Phi) is 7.78. The summed E-state index contributed by atoms with van der Waals surface area (Å²) in [5.41, 5.74) is 0. The Morgan fingerprint density at radius 1 is 1.22 bits per heavy atom. The van der Waals surface area contributed by atoms with Crippen LogP contribution in [0.2, 0.25) is 5.02 Å². The van der Waals surface area contributed by atoms with Crippen molar-refractivity contribution >= 4 is 11.6 Å². The molecule has 0 atom stereocenters. The smallest absolute Gasteiger partial charge is 0.173 e. The molecule has 0 aromatic heterocycles. The van der Waals surface area contributed by atoms with Crippen LogP contribution < -0.4 is 10.1 Å². The van der Waals surface area contributed by atoms with Gasteiger partial charge in [0.05, 0.1) is 5.02 Å². The zero-order chi connectivity index (χ0) is 13.2. The van der Waals surface area contributed by atoms with Crippen LogP contribution in [0.15, 0.2) is 18.2 Å². The Balaban J connectivity index is 2.11. The standard InChI is InChI=1S/C14H21ClFNO/c1-2-3-4-5-9-17-10-11-18-14-12(15)7-6-8-13(14)16/h6-8,17H,2-5,9-11H2,1H3. The molecule has 0 aliphatic heterocycles. The van der Waals surface area contributed by atoms with Gasteiger partial charge in [-0.05, 0) is 25.1 Å². The van der Waals surface area contributed by atoms with Crippen LogP contribution in [0.1, 0.15) is 32.6 Å². The number of ether oxygens (including phenoxy) is 1. The Hall–Kier alpha value is -0.800. The minimum absolute atomic E-state index is 0.145. The number of rotatable bonds is 9. The van der Waals surface area contributed by atoms with E-state index in [9.17, 15) is 4.39 Å². The Morgan fingerprint density at radius 2 is 2.06 bits per heavy atom. The van der Waals surface area contributed by atoms with E-state index in [1.165, 1.54) is 31.7 Å². The first-order chi connectivity index (χ1) is 8.75. The van der Waals surface area contributed by atoms with Crippen molar-refractivity contribution in [3.63, 3.8) is 0 Å². The fourth-order valence-corrected chi connectivity index (χ4v) is 1.87. The van der Waals surface area contributed by atoms with Gasteiger partial charge in [-0.15, -0.1) is 0 Å². The fourth-order valence-electron chi connectivity index (χ4n) is 1.65. The van der Waals surface area contributed by atoms with Crippen molar-refractivity contribution in [2.75, 3.05) is 19.7 Å². The second kappa shape index (κ2) is 9.17. The molecule has 18 heavy (non-hydrogen) atoms. The normalized spacial score (nSPS) is 10.6. The van der Waals surface area contributed by atoms with Gasteiger partial charge in [0.25, 0.3) is 0 Å². The highest BCUT2D eigenvalue weighted by atomic mass is 35.5. The van der Waals surface area contributed by atoms with Gasteiger partial charge < -0.3 is 10.1 Å². The van der Waals surface area contributed by atoms with E-state index in [2.05, 4.69) is 12.2 Å². The van der Waals surface area contributed by atoms with Crippen molar-refractivity contribution in [3.8, 4) is 5.75 Å². The predicted molar refractivity (Wildman–Crippen MR) is 73.9 cm³/mol. The van der Waals surface area contributed by atoms with Crippen LogP contribution in [-0.2, 0) is 0 Å². The largest absolute Gasteiger partial charge is 0.488 e. The Bertz CT molecular complexity index is 326. The minimum atomic E-state index is -0.412. The van der Waals surface area contributed by atoms with Gasteiger partial charge in [0, 0.05) is 6.54 Å². The summed E-state index contributed by atoms with van der Waals surface area (Å²) in [6, 6.07) is 4.54. The molecular weight excluding hydrogens is 253 g/mol. The van der Waals surface area contributed by atoms with Gasteiger partial charge in [0.15, 0.2) is 11.6 Å². The molecule has 0 heterocycles. The van der Waals surface area contributed by atoms with Crippen LogP contribution in [0.3, 0.4) is 0 Å². The SMILES string of the molecule is CCCCCCNCCOc1c(F)cccc1Cl. The number of para-hydroxylation sites is 1. The van der Waals surface area contributed by atoms with Crippen LogP contribution in [0.5, 0.6) is 5.75 Å². The lowest BCUT2D eigenvalue weighted by Gasteiger charge is -2.09. The van der Waals surface area contributed by atoms with Crippen molar-refractivity contribution in [1.82, 2.24) is 5.32 Å². The molecule has 0 amide bonds. The van der Waals surface area contributed by atoms with Gasteiger partial charge in [0.1, 0.15) is 6.61 Å². The van der Waals surface area contributed by atoms with Crippen LogP contribution >= 0.6 is 11.6 Å². The van der Waals surface area contributed by atoms with Gasteiger partial charge in [-0.2, -0.15) is 0 Å². The monoisotopic (exact) mass is 273 g/mol. The van der Waals surface area contributed by atoms with E-state index in [0.29, 0.717) is 18.2 Å². The molecule has 0 bridgehead atoms. The maximum absolute atomic E-state index is 13.3. The first-order valence-corrected chi connectivity index (χ1v) is 6.91. The summed E-state index contributed by atoms with van der Waals surface area (Å²) in [6.07, 6.45) is 4.95. The number of nitrogens with one attached hydrogen (secondary N) is 1. The molecule has 1 rings (SSSR count). The summed E-state index contributed by atoms with van der Waals surface area (Å²) in [5.74, 6) is -0.266. The van der Waals surface area contributed by atoms with Gasteiger partial charge >= 0.3 is 0 Å². The van der Waals surface area contributed by atoms with E-state index in [1.807, 2.05) is 0 Å². The first kappa shape index (κ1) is 15.3. The zero-order valence-corrected chi connectivity index (χ0v) is 11.6. The molecule has 2 nitrogen and oxygen atoms in total. The molecule has 4 heteroatoms. The number of unbranched alkanes of at least 4 members (excludes halogenated alkanes) is 3. The lowest BCUT2D eigenvalue weighted by atomic mass is 10.2. The lowest BCUT2D eigenvalue weighted by molar-refractivity contribution is 0.298. The summed E-state index contributed by atoms with van der Waals surface area (Å²) in [6.45, 7) is 4.30. The van der Waals surface area contributed by atoms with Crippen molar-refractivity contribution in [3.05, 3.63) is 29.0 Å². The van der Waals surface area contributed by atoms with E-state index in [0.717, 1.165) is 6.54 Å². The number of hydrogen-bond acceptors (Lipinski definition) is 2. The third-order valence-electron chi connectivity index (χ3n) is 2.65. The highest BCUT2D eigenvalue weighted by Gasteiger charge is 2.07. The van der Waals surface area contributed by atoms with Gasteiger partial charge in [0.2, 0.25) is 0 Å². The van der Waals surface area contributed by atoms with E-state index >= 15 is 0 Å². The van der Waals surface area contributed by atoms with E-state index in [1.54, 1.807) is 12.1 Å². The molecule has 0 saturated carbocycles. The van der Waals surface area contributed by atoms with E-state index in [-0.39, 0.29) is 5.75 Å². The summed E-state index contributed by atoms with van der Waals surface area (Å²) in [4.78, 5) is 0. The summed E-state index contributed by atoms with van der Waals surface area (Å²) < 4.78 is 18.7. The molecule has 0 radical (unpaired) electrons. The molecule has 0 aliphatic rings. The molecule has 1 aromatic rings. The maximum atomic E-state index is 13.3. The highest BCUT2D eigenvalue weighted by molar-refractivity contribution is 6.32. The molecule has 102 valence electrons. The number of benzene rings is 1. The summed E-state index contributed by atoms with van der Waals surface area (Å²) in [5, 5.41) is 3.58. The fraction of sp³-hybridized carbons (Fsp3) is 0.571. The molecule has 1 aromatic carbocycles. The number of hydrogen-bond donors (Lipinski definition) is 1. The van der Waals surface area contributed by atoms with Crippen LogP contribution in [0.4, 0.5) is 4.39 Å².